The Hall–Kier alpha value is -4.98. The number of thiazole rings is 1. The zero-order valence-electron chi connectivity index (χ0n) is 23.2. The van der Waals surface area contributed by atoms with E-state index in [-0.39, 0.29) is 34.8 Å². The topological polar surface area (TPSA) is 165 Å². The summed E-state index contributed by atoms with van der Waals surface area (Å²) in [4.78, 5) is 21.5. The Balaban J connectivity index is 1.54. The second kappa shape index (κ2) is 13.6. The first-order valence-electron chi connectivity index (χ1n) is 12.3. The van der Waals surface area contributed by atoms with Gasteiger partial charge < -0.3 is 30.0 Å². The number of aromatic nitrogens is 2. The van der Waals surface area contributed by atoms with E-state index in [9.17, 15) is 15.3 Å². The molecule has 4 rings (SSSR count). The normalized spacial score (nSPS) is 10.3. The number of amides is 1. The Labute approximate surface area is 250 Å². The fourth-order valence-corrected chi connectivity index (χ4v) is 5.76. The molecule has 0 aliphatic heterocycles. The van der Waals surface area contributed by atoms with Crippen LogP contribution in [0.3, 0.4) is 0 Å². The number of pyridine rings is 1. The smallest absolute Gasteiger partial charge is 0.226 e. The second-order valence-electron chi connectivity index (χ2n) is 8.48. The van der Waals surface area contributed by atoms with Gasteiger partial charge in [-0.3, -0.25) is 4.79 Å². The van der Waals surface area contributed by atoms with E-state index in [1.807, 2.05) is 29.6 Å². The van der Waals surface area contributed by atoms with Crippen LogP contribution in [0.25, 0.3) is 22.4 Å². The lowest BCUT2D eigenvalue weighted by Crippen LogP contribution is -2.12. The number of ether oxygens (including phenoxy) is 4. The molecule has 0 unspecified atom stereocenters. The maximum Gasteiger partial charge on any atom is 0.226 e. The Morgan fingerprint density at radius 1 is 0.976 bits per heavy atom. The Bertz CT molecular complexity index is 1680. The van der Waals surface area contributed by atoms with Gasteiger partial charge in [0.05, 0.1) is 39.7 Å². The summed E-state index contributed by atoms with van der Waals surface area (Å²) in [5.74, 6) is 1.76. The van der Waals surface area contributed by atoms with Gasteiger partial charge in [0.25, 0.3) is 0 Å². The molecule has 4 aromatic rings. The third-order valence-corrected chi connectivity index (χ3v) is 7.79. The van der Waals surface area contributed by atoms with Gasteiger partial charge in [-0.2, -0.15) is 10.5 Å². The molecular formula is C29H26N6O5S2. The van der Waals surface area contributed by atoms with E-state index in [4.69, 9.17) is 24.7 Å². The van der Waals surface area contributed by atoms with E-state index < -0.39 is 0 Å². The van der Waals surface area contributed by atoms with E-state index in [1.54, 1.807) is 19.2 Å². The summed E-state index contributed by atoms with van der Waals surface area (Å²) in [5.41, 5.74) is 8.68. The van der Waals surface area contributed by atoms with Crippen LogP contribution in [-0.2, 0) is 4.79 Å². The van der Waals surface area contributed by atoms with Crippen LogP contribution in [0.2, 0.25) is 0 Å². The molecule has 0 atom stereocenters. The van der Waals surface area contributed by atoms with E-state index in [2.05, 4.69) is 27.4 Å². The SMILES string of the molecule is COc1cccc(-c2csc(NC(=O)CCSc3nc(N)c(C#N)c(-c4cc(OC)c(OC)c(OC)c4)c3C#N)n2)c1. The van der Waals surface area contributed by atoms with Crippen LogP contribution in [0.4, 0.5) is 10.9 Å². The van der Waals surface area contributed by atoms with Crippen molar-refractivity contribution in [3.8, 4) is 57.5 Å². The largest absolute Gasteiger partial charge is 0.497 e. The molecule has 0 radical (unpaired) electrons. The quantitative estimate of drug-likeness (QED) is 0.212. The fraction of sp³-hybridized carbons (Fsp3) is 0.207. The van der Waals surface area contributed by atoms with E-state index >= 15 is 0 Å². The predicted octanol–water partition coefficient (Wildman–Crippen LogP) is 5.35. The van der Waals surface area contributed by atoms with Gasteiger partial charge in [0.15, 0.2) is 16.6 Å². The van der Waals surface area contributed by atoms with Gasteiger partial charge in [-0.1, -0.05) is 12.1 Å². The Kier molecular flexibility index (Phi) is 9.70. The summed E-state index contributed by atoms with van der Waals surface area (Å²) in [7, 11) is 6.01. The number of anilines is 2. The van der Waals surface area contributed by atoms with Crippen molar-refractivity contribution in [3.05, 3.63) is 52.9 Å². The molecule has 0 fully saturated rings. The monoisotopic (exact) mass is 602 g/mol. The zero-order chi connectivity index (χ0) is 30.2. The van der Waals surface area contributed by atoms with Gasteiger partial charge in [0, 0.05) is 28.7 Å². The summed E-state index contributed by atoms with van der Waals surface area (Å²) >= 11 is 2.50. The molecule has 42 heavy (non-hydrogen) atoms. The molecule has 2 aromatic carbocycles. The van der Waals surface area contributed by atoms with Crippen LogP contribution in [0.1, 0.15) is 17.5 Å². The molecule has 2 aromatic heterocycles. The molecule has 1 amide bonds. The van der Waals surface area contributed by atoms with Crippen LogP contribution in [0.15, 0.2) is 46.8 Å². The summed E-state index contributed by atoms with van der Waals surface area (Å²) in [6.07, 6.45) is 0.116. The molecule has 0 bridgehead atoms. The van der Waals surface area contributed by atoms with Crippen LogP contribution in [0, 0.1) is 22.7 Å². The number of hydrogen-bond donors (Lipinski definition) is 2. The molecule has 0 spiro atoms. The van der Waals surface area contributed by atoms with Crippen molar-refractivity contribution < 1.29 is 23.7 Å². The number of hydrogen-bond acceptors (Lipinski definition) is 12. The van der Waals surface area contributed by atoms with Gasteiger partial charge in [-0.05, 0) is 29.8 Å². The van der Waals surface area contributed by atoms with Gasteiger partial charge >= 0.3 is 0 Å². The third-order valence-electron chi connectivity index (χ3n) is 6.05. The third kappa shape index (κ3) is 6.33. The number of nitrogens with one attached hydrogen (secondary N) is 1. The zero-order valence-corrected chi connectivity index (χ0v) is 24.8. The van der Waals surface area contributed by atoms with Gasteiger partial charge in [-0.25, -0.2) is 9.97 Å². The number of rotatable bonds is 11. The summed E-state index contributed by atoms with van der Waals surface area (Å²) in [5, 5.41) is 25.4. The highest BCUT2D eigenvalue weighted by Gasteiger charge is 2.24. The molecular weight excluding hydrogens is 576 g/mol. The maximum absolute atomic E-state index is 12.7. The van der Waals surface area contributed by atoms with Crippen molar-refractivity contribution in [2.24, 2.45) is 0 Å². The van der Waals surface area contributed by atoms with Crippen molar-refractivity contribution in [2.75, 3.05) is 45.2 Å². The fourth-order valence-electron chi connectivity index (χ4n) is 4.08. The highest BCUT2D eigenvalue weighted by atomic mass is 32.2. The second-order valence-corrected chi connectivity index (χ2v) is 10.4. The van der Waals surface area contributed by atoms with Crippen LogP contribution in [-0.4, -0.2) is 50.1 Å². The van der Waals surface area contributed by atoms with E-state index in [1.165, 1.54) is 44.4 Å². The summed E-state index contributed by atoms with van der Waals surface area (Å²) in [6, 6.07) is 15.0. The molecule has 0 saturated carbocycles. The molecule has 214 valence electrons. The Morgan fingerprint density at radius 3 is 2.31 bits per heavy atom. The van der Waals surface area contributed by atoms with Gasteiger partial charge in [0.1, 0.15) is 34.3 Å². The minimum Gasteiger partial charge on any atom is -0.497 e. The number of nitrogens with two attached hydrogens (primary N) is 1. The highest BCUT2D eigenvalue weighted by Crippen LogP contribution is 2.44. The number of nitrogens with zero attached hydrogens (tertiary/aromatic N) is 4. The summed E-state index contributed by atoms with van der Waals surface area (Å²) < 4.78 is 21.6. The number of thioether (sulfide) groups is 1. The number of methoxy groups -OCH3 is 4. The number of carbonyl (C=O) groups is 1. The van der Waals surface area contributed by atoms with Crippen LogP contribution >= 0.6 is 23.1 Å². The number of carbonyl (C=O) groups excluding carboxylic acids is 1. The highest BCUT2D eigenvalue weighted by molar-refractivity contribution is 7.99. The first-order chi connectivity index (χ1) is 20.4. The van der Waals surface area contributed by atoms with Crippen molar-refractivity contribution in [1.82, 2.24) is 9.97 Å². The van der Waals surface area contributed by atoms with E-state index in [0.717, 1.165) is 11.3 Å². The average molecular weight is 603 g/mol. The van der Waals surface area contributed by atoms with Gasteiger partial charge in [-0.15, -0.1) is 23.1 Å². The van der Waals surface area contributed by atoms with Crippen LogP contribution < -0.4 is 30.0 Å². The first-order valence-corrected chi connectivity index (χ1v) is 14.2. The molecule has 0 aliphatic rings. The average Bonchev–Trinajstić information content (AvgIpc) is 3.48. The standard InChI is InChI=1S/C29H26N6O5S2/c1-37-18-7-5-6-16(10-18)21-15-42-29(33-21)34-24(36)8-9-41-28-20(14-31)25(19(13-30)27(32)35-28)17-11-22(38-2)26(40-4)23(12-17)39-3/h5-7,10-12,15H,8-9H2,1-4H3,(H2,32,35)(H,33,34,36). The molecule has 11 nitrogen and oxygen atoms in total. The molecule has 0 saturated heterocycles. The van der Waals surface area contributed by atoms with Gasteiger partial charge in [0.2, 0.25) is 11.7 Å². The molecule has 3 N–H and O–H groups in total. The number of nitrogen functional groups attached to an aromatic ring is 1. The lowest BCUT2D eigenvalue weighted by Gasteiger charge is -2.17. The van der Waals surface area contributed by atoms with Crippen molar-refractivity contribution in [3.63, 3.8) is 0 Å². The number of benzene rings is 2. The maximum atomic E-state index is 12.7. The number of nitriles is 2. The van der Waals surface area contributed by atoms with E-state index in [0.29, 0.717) is 44.5 Å². The van der Waals surface area contributed by atoms with Crippen molar-refractivity contribution in [1.29, 1.82) is 10.5 Å². The Morgan fingerprint density at radius 2 is 1.69 bits per heavy atom. The lowest BCUT2D eigenvalue weighted by atomic mass is 9.96. The minimum atomic E-state index is -0.251. The predicted molar refractivity (Wildman–Crippen MR) is 161 cm³/mol. The summed E-state index contributed by atoms with van der Waals surface area (Å²) in [6.45, 7) is 0. The van der Waals surface area contributed by atoms with Crippen LogP contribution in [0.5, 0.6) is 23.0 Å². The molecule has 0 aliphatic carbocycles. The minimum absolute atomic E-state index is 0.0403. The lowest BCUT2D eigenvalue weighted by molar-refractivity contribution is -0.115. The van der Waals surface area contributed by atoms with Crippen molar-refractivity contribution >= 4 is 40.0 Å². The first kappa shape index (κ1) is 30.0. The van der Waals surface area contributed by atoms with Crippen molar-refractivity contribution in [2.45, 2.75) is 11.4 Å². The molecule has 13 heteroatoms. The molecule has 2 heterocycles.